The van der Waals surface area contributed by atoms with E-state index in [1.807, 2.05) is 0 Å². The van der Waals surface area contributed by atoms with Crippen molar-refractivity contribution in [3.8, 4) is 0 Å². The molecule has 0 aromatic carbocycles. The van der Waals surface area contributed by atoms with Crippen LogP contribution in [0.3, 0.4) is 0 Å². The van der Waals surface area contributed by atoms with E-state index in [1.165, 1.54) is 0 Å². The van der Waals surface area contributed by atoms with Gasteiger partial charge in [0.15, 0.2) is 0 Å². The molecule has 0 bridgehead atoms. The van der Waals surface area contributed by atoms with Crippen LogP contribution >= 0.6 is 0 Å². The largest absolute Gasteiger partial charge is 0.481 e. The molecule has 16 heavy (non-hydrogen) atoms. The SMILES string of the molecule is CC(C)C(CO)NS(=O)(=O)CCCC(=O)O. The van der Waals surface area contributed by atoms with Gasteiger partial charge >= 0.3 is 5.97 Å². The van der Waals surface area contributed by atoms with Crippen molar-refractivity contribution in [2.75, 3.05) is 12.4 Å². The van der Waals surface area contributed by atoms with Crippen LogP contribution in [0, 0.1) is 5.92 Å². The third kappa shape index (κ3) is 6.76. The second-order valence-electron chi connectivity index (χ2n) is 3.97. The molecule has 0 aliphatic heterocycles. The summed E-state index contributed by atoms with van der Waals surface area (Å²) in [5, 5.41) is 17.3. The summed E-state index contributed by atoms with van der Waals surface area (Å²) in [6.07, 6.45) is -0.104. The molecule has 6 nitrogen and oxygen atoms in total. The van der Waals surface area contributed by atoms with E-state index in [-0.39, 0.29) is 31.1 Å². The Labute approximate surface area is 95.7 Å². The molecule has 96 valence electrons. The molecule has 0 fully saturated rings. The highest BCUT2D eigenvalue weighted by atomic mass is 32.2. The van der Waals surface area contributed by atoms with Gasteiger partial charge in [-0.1, -0.05) is 13.8 Å². The fraction of sp³-hybridized carbons (Fsp3) is 0.889. The fourth-order valence-electron chi connectivity index (χ4n) is 1.09. The maximum atomic E-state index is 11.5. The first-order valence-electron chi connectivity index (χ1n) is 5.11. The zero-order chi connectivity index (χ0) is 12.8. The summed E-state index contributed by atoms with van der Waals surface area (Å²) in [6.45, 7) is 3.32. The van der Waals surface area contributed by atoms with Gasteiger partial charge in [0.25, 0.3) is 0 Å². The average molecular weight is 253 g/mol. The predicted molar refractivity (Wildman–Crippen MR) is 59.5 cm³/mol. The Morgan fingerprint density at radius 2 is 1.94 bits per heavy atom. The van der Waals surface area contributed by atoms with Gasteiger partial charge in [-0.3, -0.25) is 4.79 Å². The van der Waals surface area contributed by atoms with Gasteiger partial charge in [0, 0.05) is 12.5 Å². The number of hydrogen-bond acceptors (Lipinski definition) is 4. The number of carboxylic acid groups (broad SMARTS) is 1. The van der Waals surface area contributed by atoms with Gasteiger partial charge < -0.3 is 10.2 Å². The van der Waals surface area contributed by atoms with Crippen LogP contribution in [0.25, 0.3) is 0 Å². The van der Waals surface area contributed by atoms with E-state index >= 15 is 0 Å². The Morgan fingerprint density at radius 1 is 1.38 bits per heavy atom. The normalized spacial score (nSPS) is 14.0. The summed E-state index contributed by atoms with van der Waals surface area (Å²) in [7, 11) is -3.51. The highest BCUT2D eigenvalue weighted by molar-refractivity contribution is 7.89. The number of aliphatic carboxylic acids is 1. The molecule has 0 aliphatic rings. The molecule has 0 saturated carbocycles. The lowest BCUT2D eigenvalue weighted by Crippen LogP contribution is -2.42. The number of nitrogens with one attached hydrogen (secondary N) is 1. The highest BCUT2D eigenvalue weighted by Crippen LogP contribution is 2.04. The topological polar surface area (TPSA) is 104 Å². The summed E-state index contributed by atoms with van der Waals surface area (Å²) in [5.74, 6) is -1.26. The second-order valence-corrected chi connectivity index (χ2v) is 5.84. The molecule has 0 aromatic heterocycles. The van der Waals surface area contributed by atoms with Gasteiger partial charge in [-0.25, -0.2) is 13.1 Å². The lowest BCUT2D eigenvalue weighted by molar-refractivity contribution is -0.137. The Kier molecular flexibility index (Phi) is 6.54. The number of carbonyl (C=O) groups is 1. The van der Waals surface area contributed by atoms with E-state index in [0.29, 0.717) is 0 Å². The summed E-state index contributed by atoms with van der Waals surface area (Å²) in [4.78, 5) is 10.2. The van der Waals surface area contributed by atoms with Crippen LogP contribution in [-0.2, 0) is 14.8 Å². The monoisotopic (exact) mass is 253 g/mol. The molecule has 0 aliphatic carbocycles. The first-order valence-corrected chi connectivity index (χ1v) is 6.76. The van der Waals surface area contributed by atoms with Crippen molar-refractivity contribution < 1.29 is 23.4 Å². The molecule has 0 aromatic rings. The zero-order valence-corrected chi connectivity index (χ0v) is 10.3. The standard InChI is InChI=1S/C9H19NO5S/c1-7(2)8(6-11)10-16(14,15)5-3-4-9(12)13/h7-8,10-11H,3-6H2,1-2H3,(H,12,13). The fourth-order valence-corrected chi connectivity index (χ4v) is 2.54. The molecule has 7 heteroatoms. The van der Waals surface area contributed by atoms with Crippen LogP contribution in [-0.4, -0.2) is 43.0 Å². The Hall–Kier alpha value is -0.660. The quantitative estimate of drug-likeness (QED) is 0.555. The van der Waals surface area contributed by atoms with Crippen molar-refractivity contribution >= 4 is 16.0 Å². The van der Waals surface area contributed by atoms with Gasteiger partial charge in [0.05, 0.1) is 12.4 Å². The molecule has 0 radical (unpaired) electrons. The minimum atomic E-state index is -3.51. The Morgan fingerprint density at radius 3 is 2.31 bits per heavy atom. The second kappa shape index (κ2) is 6.82. The first-order chi connectivity index (χ1) is 7.28. The molecular formula is C9H19NO5S. The van der Waals surface area contributed by atoms with Crippen LogP contribution in [0.4, 0.5) is 0 Å². The third-order valence-corrected chi connectivity index (χ3v) is 3.62. The number of sulfonamides is 1. The minimum Gasteiger partial charge on any atom is -0.481 e. The lowest BCUT2D eigenvalue weighted by atomic mass is 10.1. The minimum absolute atomic E-state index is 0.0146. The first kappa shape index (κ1) is 15.3. The van der Waals surface area contributed by atoms with Crippen molar-refractivity contribution in [3.63, 3.8) is 0 Å². The summed E-state index contributed by atoms with van der Waals surface area (Å²) in [5.41, 5.74) is 0. The highest BCUT2D eigenvalue weighted by Gasteiger charge is 2.19. The Balaban J connectivity index is 4.18. The number of aliphatic hydroxyl groups is 1. The van der Waals surface area contributed by atoms with Crippen LogP contribution < -0.4 is 4.72 Å². The van der Waals surface area contributed by atoms with Crippen LogP contribution in [0.1, 0.15) is 26.7 Å². The summed E-state index contributed by atoms with van der Waals surface area (Å²) < 4.78 is 25.3. The van der Waals surface area contributed by atoms with Gasteiger partial charge in [-0.15, -0.1) is 0 Å². The zero-order valence-electron chi connectivity index (χ0n) is 9.51. The molecule has 0 amide bonds. The van der Waals surface area contributed by atoms with E-state index in [0.717, 1.165) is 0 Å². The molecule has 0 saturated heterocycles. The molecular weight excluding hydrogens is 234 g/mol. The molecule has 1 unspecified atom stereocenters. The van der Waals surface area contributed by atoms with Crippen molar-refractivity contribution in [2.45, 2.75) is 32.7 Å². The van der Waals surface area contributed by atoms with Gasteiger partial charge in [0.2, 0.25) is 10.0 Å². The summed E-state index contributed by atoms with van der Waals surface area (Å²) in [6, 6.07) is -0.519. The molecule has 0 heterocycles. The van der Waals surface area contributed by atoms with Gasteiger partial charge in [0.1, 0.15) is 0 Å². The van der Waals surface area contributed by atoms with Gasteiger partial charge in [-0.05, 0) is 12.3 Å². The van der Waals surface area contributed by atoms with Crippen molar-refractivity contribution in [2.24, 2.45) is 5.92 Å². The van der Waals surface area contributed by atoms with Crippen LogP contribution in [0.15, 0.2) is 0 Å². The smallest absolute Gasteiger partial charge is 0.303 e. The number of carboxylic acids is 1. The molecule has 3 N–H and O–H groups in total. The predicted octanol–water partition coefficient (Wildman–Crippen LogP) is -0.212. The van der Waals surface area contributed by atoms with E-state index in [1.54, 1.807) is 13.8 Å². The average Bonchev–Trinajstić information content (AvgIpc) is 2.12. The Bertz CT molecular complexity index is 312. The lowest BCUT2D eigenvalue weighted by Gasteiger charge is -2.19. The maximum Gasteiger partial charge on any atom is 0.303 e. The number of rotatable bonds is 8. The van der Waals surface area contributed by atoms with E-state index < -0.39 is 22.0 Å². The summed E-state index contributed by atoms with van der Waals surface area (Å²) >= 11 is 0. The maximum absolute atomic E-state index is 11.5. The van der Waals surface area contributed by atoms with Crippen molar-refractivity contribution in [1.82, 2.24) is 4.72 Å². The molecule has 0 spiro atoms. The van der Waals surface area contributed by atoms with Crippen molar-refractivity contribution in [3.05, 3.63) is 0 Å². The van der Waals surface area contributed by atoms with E-state index in [4.69, 9.17) is 10.2 Å². The van der Waals surface area contributed by atoms with Crippen LogP contribution in [0.2, 0.25) is 0 Å². The van der Waals surface area contributed by atoms with Gasteiger partial charge in [-0.2, -0.15) is 0 Å². The molecule has 0 rings (SSSR count). The number of aliphatic hydroxyl groups excluding tert-OH is 1. The van der Waals surface area contributed by atoms with Crippen molar-refractivity contribution in [1.29, 1.82) is 0 Å². The van der Waals surface area contributed by atoms with E-state index in [9.17, 15) is 13.2 Å². The van der Waals surface area contributed by atoms with Crippen LogP contribution in [0.5, 0.6) is 0 Å². The number of hydrogen-bond donors (Lipinski definition) is 3. The molecule has 1 atom stereocenters. The van der Waals surface area contributed by atoms with E-state index in [2.05, 4.69) is 4.72 Å². The third-order valence-electron chi connectivity index (χ3n) is 2.14.